The number of piperidine rings is 1. The van der Waals surface area contributed by atoms with Crippen molar-refractivity contribution in [2.24, 2.45) is 5.92 Å². The van der Waals surface area contributed by atoms with E-state index in [9.17, 15) is 4.79 Å². The second-order valence-corrected chi connectivity index (χ2v) is 7.03. The predicted molar refractivity (Wildman–Crippen MR) is 83.7 cm³/mol. The highest BCUT2D eigenvalue weighted by Crippen LogP contribution is 2.45. The van der Waals surface area contributed by atoms with Crippen molar-refractivity contribution >= 4 is 5.97 Å². The zero-order valence-corrected chi connectivity index (χ0v) is 14.5. The predicted octanol–water partition coefficient (Wildman–Crippen LogP) is 4.01. The summed E-state index contributed by atoms with van der Waals surface area (Å²) in [6.45, 7) is 16.0. The standard InChI is InChI=1S/C17H33NO2/c1-8-16(6)11-10-13(3)17(7,9-2)18(16)12-14(4)20-15(5)19/h13-14H,8-12H2,1-7H3. The molecular formula is C17H33NO2. The third-order valence-corrected chi connectivity index (χ3v) is 5.73. The topological polar surface area (TPSA) is 29.5 Å². The molecule has 0 amide bonds. The Kier molecular flexibility index (Phi) is 5.65. The summed E-state index contributed by atoms with van der Waals surface area (Å²) < 4.78 is 5.38. The van der Waals surface area contributed by atoms with Gasteiger partial charge >= 0.3 is 5.97 Å². The minimum absolute atomic E-state index is 0.0467. The fraction of sp³-hybridized carbons (Fsp3) is 0.941. The molecule has 0 saturated carbocycles. The number of carbonyl (C=O) groups excluding carboxylic acids is 1. The number of carbonyl (C=O) groups is 1. The maximum atomic E-state index is 11.2. The Morgan fingerprint density at radius 1 is 1.35 bits per heavy atom. The quantitative estimate of drug-likeness (QED) is 0.714. The van der Waals surface area contributed by atoms with E-state index in [-0.39, 0.29) is 23.2 Å². The zero-order chi connectivity index (χ0) is 15.6. The van der Waals surface area contributed by atoms with Crippen molar-refractivity contribution in [1.82, 2.24) is 4.90 Å². The average Bonchev–Trinajstić information content (AvgIpc) is 2.38. The molecule has 1 saturated heterocycles. The molecule has 118 valence electrons. The van der Waals surface area contributed by atoms with Crippen molar-refractivity contribution in [3.05, 3.63) is 0 Å². The minimum atomic E-state index is -0.182. The number of rotatable bonds is 5. The lowest BCUT2D eigenvalue weighted by atomic mass is 9.69. The van der Waals surface area contributed by atoms with Gasteiger partial charge in [-0.2, -0.15) is 0 Å². The van der Waals surface area contributed by atoms with Crippen LogP contribution in [0.3, 0.4) is 0 Å². The highest BCUT2D eigenvalue weighted by Gasteiger charge is 2.48. The molecule has 0 N–H and O–H groups in total. The summed E-state index contributed by atoms with van der Waals surface area (Å²) >= 11 is 0. The van der Waals surface area contributed by atoms with Crippen molar-refractivity contribution in [2.75, 3.05) is 6.54 Å². The van der Waals surface area contributed by atoms with Crippen LogP contribution in [0.1, 0.15) is 74.1 Å². The van der Waals surface area contributed by atoms with Crippen molar-refractivity contribution in [2.45, 2.75) is 91.3 Å². The number of hydrogen-bond acceptors (Lipinski definition) is 3. The van der Waals surface area contributed by atoms with Crippen LogP contribution in [-0.2, 0) is 9.53 Å². The third-order valence-electron chi connectivity index (χ3n) is 5.73. The van der Waals surface area contributed by atoms with Crippen LogP contribution >= 0.6 is 0 Å². The second kappa shape index (κ2) is 6.46. The summed E-state index contributed by atoms with van der Waals surface area (Å²) in [5, 5.41) is 0. The van der Waals surface area contributed by atoms with Crippen LogP contribution in [0.5, 0.6) is 0 Å². The van der Waals surface area contributed by atoms with E-state index in [2.05, 4.69) is 39.5 Å². The highest BCUT2D eigenvalue weighted by atomic mass is 16.5. The smallest absolute Gasteiger partial charge is 0.302 e. The summed E-state index contributed by atoms with van der Waals surface area (Å²) in [6.07, 6.45) is 4.74. The SMILES string of the molecule is CCC1(C)CCC(C)C(C)(CC)N1CC(C)OC(C)=O. The molecule has 3 heteroatoms. The number of hydrogen-bond donors (Lipinski definition) is 0. The van der Waals surface area contributed by atoms with E-state index in [1.54, 1.807) is 0 Å². The summed E-state index contributed by atoms with van der Waals surface area (Å²) in [7, 11) is 0. The van der Waals surface area contributed by atoms with Crippen LogP contribution in [0, 0.1) is 5.92 Å². The Bertz CT molecular complexity index is 344. The summed E-state index contributed by atoms with van der Waals surface area (Å²) in [4.78, 5) is 13.8. The number of esters is 1. The maximum absolute atomic E-state index is 11.2. The van der Waals surface area contributed by atoms with Crippen LogP contribution in [0.25, 0.3) is 0 Å². The van der Waals surface area contributed by atoms with Crippen LogP contribution in [0.2, 0.25) is 0 Å². The van der Waals surface area contributed by atoms with Crippen molar-refractivity contribution in [1.29, 1.82) is 0 Å². The summed E-state index contributed by atoms with van der Waals surface area (Å²) in [5.41, 5.74) is 0.406. The highest BCUT2D eigenvalue weighted by molar-refractivity contribution is 5.66. The number of nitrogens with zero attached hydrogens (tertiary/aromatic N) is 1. The molecular weight excluding hydrogens is 250 g/mol. The van der Waals surface area contributed by atoms with Gasteiger partial charge in [-0.15, -0.1) is 0 Å². The first-order valence-electron chi connectivity index (χ1n) is 8.14. The van der Waals surface area contributed by atoms with Gasteiger partial charge in [-0.1, -0.05) is 20.8 Å². The molecule has 1 aliphatic heterocycles. The molecule has 0 aromatic carbocycles. The van der Waals surface area contributed by atoms with Crippen LogP contribution in [0.4, 0.5) is 0 Å². The van der Waals surface area contributed by atoms with Crippen molar-refractivity contribution < 1.29 is 9.53 Å². The Morgan fingerprint density at radius 3 is 2.40 bits per heavy atom. The molecule has 0 aromatic rings. The van der Waals surface area contributed by atoms with Gasteiger partial charge in [-0.05, 0) is 52.4 Å². The zero-order valence-electron chi connectivity index (χ0n) is 14.5. The van der Waals surface area contributed by atoms with Gasteiger partial charge in [-0.3, -0.25) is 9.69 Å². The van der Waals surface area contributed by atoms with E-state index in [0.717, 1.165) is 19.4 Å². The van der Waals surface area contributed by atoms with Crippen molar-refractivity contribution in [3.63, 3.8) is 0 Å². The molecule has 3 nitrogen and oxygen atoms in total. The molecule has 1 rings (SSSR count). The molecule has 20 heavy (non-hydrogen) atoms. The summed E-state index contributed by atoms with van der Waals surface area (Å²) in [5.74, 6) is 0.496. The molecule has 0 bridgehead atoms. The molecule has 4 atom stereocenters. The fourth-order valence-corrected chi connectivity index (χ4v) is 3.77. The van der Waals surface area contributed by atoms with Gasteiger partial charge in [0.1, 0.15) is 6.10 Å². The first-order chi connectivity index (χ1) is 9.19. The van der Waals surface area contributed by atoms with E-state index >= 15 is 0 Å². The molecule has 0 radical (unpaired) electrons. The van der Waals surface area contributed by atoms with E-state index in [1.807, 2.05) is 6.92 Å². The molecule has 0 aliphatic carbocycles. The van der Waals surface area contributed by atoms with E-state index in [1.165, 1.54) is 19.8 Å². The van der Waals surface area contributed by atoms with Gasteiger partial charge < -0.3 is 4.74 Å². The molecule has 0 aromatic heterocycles. The normalized spacial score (nSPS) is 36.6. The van der Waals surface area contributed by atoms with Crippen LogP contribution in [-0.4, -0.2) is 34.6 Å². The molecule has 1 fully saturated rings. The van der Waals surface area contributed by atoms with Crippen molar-refractivity contribution in [3.8, 4) is 0 Å². The summed E-state index contributed by atoms with van der Waals surface area (Å²) in [6, 6.07) is 0. The Labute approximate surface area is 125 Å². The number of likely N-dealkylation sites (tertiary alicyclic amines) is 1. The van der Waals surface area contributed by atoms with E-state index in [4.69, 9.17) is 4.74 Å². The largest absolute Gasteiger partial charge is 0.461 e. The lowest BCUT2D eigenvalue weighted by Gasteiger charge is -2.59. The first-order valence-corrected chi connectivity index (χ1v) is 8.14. The Hall–Kier alpha value is -0.570. The van der Waals surface area contributed by atoms with Gasteiger partial charge in [0, 0.05) is 24.5 Å². The van der Waals surface area contributed by atoms with Crippen LogP contribution < -0.4 is 0 Å². The van der Waals surface area contributed by atoms with E-state index < -0.39 is 0 Å². The second-order valence-electron chi connectivity index (χ2n) is 7.03. The minimum Gasteiger partial charge on any atom is -0.461 e. The molecule has 4 unspecified atom stereocenters. The van der Waals surface area contributed by atoms with Gasteiger partial charge in [0.05, 0.1) is 0 Å². The first kappa shape index (κ1) is 17.5. The molecule has 1 aliphatic rings. The molecule has 1 heterocycles. The van der Waals surface area contributed by atoms with Crippen LogP contribution in [0.15, 0.2) is 0 Å². The van der Waals surface area contributed by atoms with Gasteiger partial charge in [-0.25, -0.2) is 0 Å². The van der Waals surface area contributed by atoms with Gasteiger partial charge in [0.15, 0.2) is 0 Å². The van der Waals surface area contributed by atoms with Gasteiger partial charge in [0.2, 0.25) is 0 Å². The third kappa shape index (κ3) is 3.36. The molecule has 0 spiro atoms. The maximum Gasteiger partial charge on any atom is 0.302 e. The fourth-order valence-electron chi connectivity index (χ4n) is 3.77. The average molecular weight is 283 g/mol. The number of ether oxygens (including phenoxy) is 1. The Morgan fingerprint density at radius 2 is 1.95 bits per heavy atom. The monoisotopic (exact) mass is 283 g/mol. The van der Waals surface area contributed by atoms with Gasteiger partial charge in [0.25, 0.3) is 0 Å². The lowest BCUT2D eigenvalue weighted by Crippen LogP contribution is -2.65. The lowest BCUT2D eigenvalue weighted by molar-refractivity contribution is -0.152. The Balaban J connectivity index is 3.00. The van der Waals surface area contributed by atoms with E-state index in [0.29, 0.717) is 5.92 Å².